The molecule has 0 amide bonds. The van der Waals surface area contributed by atoms with Gasteiger partial charge >= 0.3 is 7.12 Å². The molecule has 0 saturated heterocycles. The van der Waals surface area contributed by atoms with Crippen LogP contribution in [0.3, 0.4) is 0 Å². The fourth-order valence-electron chi connectivity index (χ4n) is 2.10. The molecule has 0 radical (unpaired) electrons. The van der Waals surface area contributed by atoms with Crippen LogP contribution in [0.15, 0.2) is 24.3 Å². The second kappa shape index (κ2) is 8.36. The Morgan fingerprint density at radius 1 is 1.16 bits per heavy atom. The van der Waals surface area contributed by atoms with Crippen LogP contribution >= 0.6 is 0 Å². The molecule has 0 fully saturated rings. The van der Waals surface area contributed by atoms with E-state index in [2.05, 4.69) is 25.7 Å². The van der Waals surface area contributed by atoms with Crippen molar-refractivity contribution in [2.45, 2.75) is 52.6 Å². The summed E-state index contributed by atoms with van der Waals surface area (Å²) in [6.07, 6.45) is 3.58. The topological polar surface area (TPSA) is 43.7 Å². The van der Waals surface area contributed by atoms with Gasteiger partial charge in [0, 0.05) is 12.6 Å². The molecule has 4 heteroatoms. The zero-order valence-corrected chi connectivity index (χ0v) is 12.3. The third-order valence-corrected chi connectivity index (χ3v) is 3.68. The van der Waals surface area contributed by atoms with Gasteiger partial charge in [-0.15, -0.1) is 0 Å². The molecule has 2 N–H and O–H groups in total. The van der Waals surface area contributed by atoms with Gasteiger partial charge in [0.1, 0.15) is 0 Å². The number of nitrogens with zero attached hydrogens (tertiary/aromatic N) is 1. The summed E-state index contributed by atoms with van der Waals surface area (Å²) in [7, 11) is -1.38. The van der Waals surface area contributed by atoms with Crippen molar-refractivity contribution < 1.29 is 10.0 Å². The Balaban J connectivity index is 2.66. The van der Waals surface area contributed by atoms with E-state index in [1.54, 1.807) is 12.1 Å². The third kappa shape index (κ3) is 5.35. The van der Waals surface area contributed by atoms with E-state index in [1.165, 1.54) is 18.4 Å². The summed E-state index contributed by atoms with van der Waals surface area (Å²) in [6, 6.07) is 8.12. The molecule has 0 aliphatic rings. The van der Waals surface area contributed by atoms with Crippen LogP contribution in [0.1, 0.15) is 45.6 Å². The summed E-state index contributed by atoms with van der Waals surface area (Å²) in [6.45, 7) is 8.75. The van der Waals surface area contributed by atoms with Crippen LogP contribution in [0.2, 0.25) is 0 Å². The van der Waals surface area contributed by atoms with Gasteiger partial charge < -0.3 is 10.0 Å². The molecule has 0 aliphatic heterocycles. The van der Waals surface area contributed by atoms with Gasteiger partial charge in [0.15, 0.2) is 0 Å². The maximum absolute atomic E-state index is 9.08. The molecule has 0 heterocycles. The maximum Gasteiger partial charge on any atom is 0.488 e. The van der Waals surface area contributed by atoms with Gasteiger partial charge in [0.25, 0.3) is 0 Å². The molecule has 0 bridgehead atoms. The second-order valence-electron chi connectivity index (χ2n) is 5.20. The summed E-state index contributed by atoms with van der Waals surface area (Å²) in [5.41, 5.74) is 1.77. The standard InChI is InChI=1S/C15H26BNO2/c1-4-6-11-17(13(3)5-2)12-14-7-9-15(10-8-14)16(18)19/h7-10,13,18-19H,4-6,11-12H2,1-3H3. The summed E-state index contributed by atoms with van der Waals surface area (Å²) in [5, 5.41) is 18.2. The Bertz CT molecular complexity index is 354. The Labute approximate surface area is 117 Å². The minimum absolute atomic E-state index is 0.549. The monoisotopic (exact) mass is 263 g/mol. The van der Waals surface area contributed by atoms with Crippen molar-refractivity contribution >= 4 is 12.6 Å². The van der Waals surface area contributed by atoms with Gasteiger partial charge in [0.05, 0.1) is 0 Å². The minimum Gasteiger partial charge on any atom is -0.423 e. The highest BCUT2D eigenvalue weighted by atomic mass is 16.4. The molecular weight excluding hydrogens is 237 g/mol. The zero-order chi connectivity index (χ0) is 14.3. The first-order valence-corrected chi connectivity index (χ1v) is 7.27. The minimum atomic E-state index is -1.38. The molecule has 0 aromatic heterocycles. The van der Waals surface area contributed by atoms with E-state index in [-0.39, 0.29) is 0 Å². The number of hydrogen-bond donors (Lipinski definition) is 2. The highest BCUT2D eigenvalue weighted by molar-refractivity contribution is 6.58. The lowest BCUT2D eigenvalue weighted by Gasteiger charge is -2.28. The number of benzene rings is 1. The van der Waals surface area contributed by atoms with Gasteiger partial charge in [0.2, 0.25) is 0 Å². The first-order chi connectivity index (χ1) is 9.08. The molecular formula is C15H26BNO2. The molecule has 1 aromatic rings. The molecule has 106 valence electrons. The number of unbranched alkanes of at least 4 members (excludes halogenated alkanes) is 1. The van der Waals surface area contributed by atoms with Crippen LogP contribution in [0.25, 0.3) is 0 Å². The lowest BCUT2D eigenvalue weighted by Crippen LogP contribution is -2.33. The third-order valence-electron chi connectivity index (χ3n) is 3.68. The molecule has 3 nitrogen and oxygen atoms in total. The Morgan fingerprint density at radius 2 is 1.79 bits per heavy atom. The van der Waals surface area contributed by atoms with E-state index in [0.29, 0.717) is 11.5 Å². The molecule has 1 rings (SSSR count). The van der Waals surface area contributed by atoms with Gasteiger partial charge in [-0.3, -0.25) is 4.90 Å². The lowest BCUT2D eigenvalue weighted by molar-refractivity contribution is 0.192. The normalized spacial score (nSPS) is 12.7. The largest absolute Gasteiger partial charge is 0.488 e. The van der Waals surface area contributed by atoms with Gasteiger partial charge in [-0.1, -0.05) is 44.5 Å². The lowest BCUT2D eigenvalue weighted by atomic mass is 9.80. The van der Waals surface area contributed by atoms with Crippen LogP contribution in [0.5, 0.6) is 0 Å². The number of hydrogen-bond acceptors (Lipinski definition) is 3. The van der Waals surface area contributed by atoms with Crippen LogP contribution in [0.4, 0.5) is 0 Å². The van der Waals surface area contributed by atoms with Crippen molar-refractivity contribution in [1.29, 1.82) is 0 Å². The molecule has 1 unspecified atom stereocenters. The van der Waals surface area contributed by atoms with Crippen molar-refractivity contribution in [3.8, 4) is 0 Å². The van der Waals surface area contributed by atoms with E-state index in [0.717, 1.165) is 19.5 Å². The van der Waals surface area contributed by atoms with E-state index >= 15 is 0 Å². The molecule has 1 aromatic carbocycles. The highest BCUT2D eigenvalue weighted by Crippen LogP contribution is 2.11. The molecule has 1 atom stereocenters. The summed E-state index contributed by atoms with van der Waals surface area (Å²) < 4.78 is 0. The van der Waals surface area contributed by atoms with Crippen molar-refractivity contribution in [3.63, 3.8) is 0 Å². The van der Waals surface area contributed by atoms with Crippen molar-refractivity contribution in [3.05, 3.63) is 29.8 Å². The molecule has 19 heavy (non-hydrogen) atoms. The van der Waals surface area contributed by atoms with Crippen LogP contribution in [-0.4, -0.2) is 34.7 Å². The Hall–Kier alpha value is -0.835. The second-order valence-corrected chi connectivity index (χ2v) is 5.20. The fourth-order valence-corrected chi connectivity index (χ4v) is 2.10. The molecule has 0 aliphatic carbocycles. The first kappa shape index (κ1) is 16.2. The van der Waals surface area contributed by atoms with Crippen LogP contribution in [0, 0.1) is 0 Å². The smallest absolute Gasteiger partial charge is 0.423 e. The zero-order valence-electron chi connectivity index (χ0n) is 12.3. The highest BCUT2D eigenvalue weighted by Gasteiger charge is 2.13. The predicted molar refractivity (Wildman–Crippen MR) is 81.3 cm³/mol. The summed E-state index contributed by atoms with van der Waals surface area (Å²) in [4.78, 5) is 2.49. The predicted octanol–water partition coefficient (Wildman–Crippen LogP) is 1.77. The fraction of sp³-hybridized carbons (Fsp3) is 0.600. The van der Waals surface area contributed by atoms with E-state index in [4.69, 9.17) is 10.0 Å². The van der Waals surface area contributed by atoms with E-state index in [1.807, 2.05) is 12.1 Å². The van der Waals surface area contributed by atoms with Crippen molar-refractivity contribution in [2.75, 3.05) is 6.54 Å². The maximum atomic E-state index is 9.08. The van der Waals surface area contributed by atoms with Gasteiger partial charge in [-0.05, 0) is 37.3 Å². The Kier molecular flexibility index (Phi) is 7.14. The average Bonchev–Trinajstić information content (AvgIpc) is 2.43. The quantitative estimate of drug-likeness (QED) is 0.702. The van der Waals surface area contributed by atoms with Crippen LogP contribution in [-0.2, 0) is 6.54 Å². The van der Waals surface area contributed by atoms with Gasteiger partial charge in [-0.2, -0.15) is 0 Å². The van der Waals surface area contributed by atoms with E-state index < -0.39 is 7.12 Å². The van der Waals surface area contributed by atoms with Crippen LogP contribution < -0.4 is 5.46 Å². The van der Waals surface area contributed by atoms with Crippen molar-refractivity contribution in [2.24, 2.45) is 0 Å². The van der Waals surface area contributed by atoms with Crippen molar-refractivity contribution in [1.82, 2.24) is 4.90 Å². The average molecular weight is 263 g/mol. The summed E-state index contributed by atoms with van der Waals surface area (Å²) >= 11 is 0. The molecule has 0 saturated carbocycles. The van der Waals surface area contributed by atoms with E-state index in [9.17, 15) is 0 Å². The van der Waals surface area contributed by atoms with Gasteiger partial charge in [-0.25, -0.2) is 0 Å². The summed E-state index contributed by atoms with van der Waals surface area (Å²) in [5.74, 6) is 0. The molecule has 0 spiro atoms. The first-order valence-electron chi connectivity index (χ1n) is 7.27. The Morgan fingerprint density at radius 3 is 2.26 bits per heavy atom. The SMILES string of the molecule is CCCCN(Cc1ccc(B(O)O)cc1)C(C)CC. The number of rotatable bonds is 8.